The van der Waals surface area contributed by atoms with Crippen LogP contribution < -0.4 is 10.6 Å². The fourth-order valence-electron chi connectivity index (χ4n) is 4.68. The average Bonchev–Trinajstić information content (AvgIpc) is 3.53. The number of benzene rings is 2. The van der Waals surface area contributed by atoms with Crippen LogP contribution in [-0.2, 0) is 17.1 Å². The fourth-order valence-corrected chi connectivity index (χ4v) is 12.0. The molecule has 35 heavy (non-hydrogen) atoms. The molecular weight excluding hydrogens is 502 g/mol. The van der Waals surface area contributed by atoms with Gasteiger partial charge in [0, 0.05) is 17.1 Å². The number of hydrogen-bond donors (Lipinski definition) is 0. The van der Waals surface area contributed by atoms with Gasteiger partial charge in [-0.15, -0.1) is 5.56 Å². The van der Waals surface area contributed by atoms with Gasteiger partial charge in [0.05, 0.1) is 0 Å². The van der Waals surface area contributed by atoms with E-state index in [-0.39, 0.29) is 25.0 Å². The van der Waals surface area contributed by atoms with Crippen molar-refractivity contribution in [2.24, 2.45) is 0 Å². The van der Waals surface area contributed by atoms with E-state index in [1.54, 1.807) is 0 Å². The van der Waals surface area contributed by atoms with Gasteiger partial charge in [0.25, 0.3) is 0 Å². The molecule has 3 heteroatoms. The third-order valence-corrected chi connectivity index (χ3v) is 13.1. The van der Waals surface area contributed by atoms with Gasteiger partial charge in [0.1, 0.15) is 0 Å². The summed E-state index contributed by atoms with van der Waals surface area (Å²) in [5.74, 6) is 0. The molecule has 4 aromatic carbocycles. The maximum Gasteiger partial charge on any atom is 0 e. The Bertz CT molecular complexity index is 970. The Kier molecular flexibility index (Phi) is 11.7. The van der Waals surface area contributed by atoms with Crippen LogP contribution in [0.3, 0.4) is 0 Å². The molecule has 192 valence electrons. The molecule has 4 rings (SSSR count). The van der Waals surface area contributed by atoms with E-state index in [1.807, 2.05) is 30.3 Å². The van der Waals surface area contributed by atoms with E-state index in [9.17, 15) is 0 Å². The Balaban J connectivity index is 0.000000640. The summed E-state index contributed by atoms with van der Waals surface area (Å²) in [7, 11) is -0.659. The molecule has 0 spiro atoms. The van der Waals surface area contributed by atoms with Crippen molar-refractivity contribution in [2.45, 2.75) is 57.5 Å². The third-order valence-electron chi connectivity index (χ3n) is 5.98. The largest absolute Gasteiger partial charge is 0.748 e. The second kappa shape index (κ2) is 13.7. The monoisotopic (exact) mass is 542 g/mol. The molecule has 0 saturated carbocycles. The van der Waals surface area contributed by atoms with Crippen LogP contribution in [0.1, 0.15) is 52.8 Å². The second-order valence-electron chi connectivity index (χ2n) is 10.7. The molecule has 0 aliphatic rings. The quantitative estimate of drug-likeness (QED) is 0.130. The van der Waals surface area contributed by atoms with Crippen molar-refractivity contribution < 1.29 is 17.1 Å². The maximum absolute atomic E-state index is 2.44. The van der Waals surface area contributed by atoms with Crippen molar-refractivity contribution in [3.05, 3.63) is 121 Å². The first-order valence-electron chi connectivity index (χ1n) is 12.2. The normalized spacial score (nSPS) is 12.6. The molecule has 1 atom stereocenters. The van der Waals surface area contributed by atoms with Gasteiger partial charge in [0.15, 0.2) is 0 Å². The van der Waals surface area contributed by atoms with Crippen molar-refractivity contribution in [2.75, 3.05) is 6.16 Å². The zero-order valence-electron chi connectivity index (χ0n) is 22.0. The summed E-state index contributed by atoms with van der Waals surface area (Å²) in [6.45, 7) is 14.7. The van der Waals surface area contributed by atoms with Crippen LogP contribution in [0.25, 0.3) is 0 Å². The van der Waals surface area contributed by atoms with Gasteiger partial charge >= 0.3 is 0 Å². The Morgan fingerprint density at radius 3 is 1.34 bits per heavy atom. The first-order valence-corrected chi connectivity index (χ1v) is 15.2. The van der Waals surface area contributed by atoms with Gasteiger partial charge in [-0.05, 0) is 40.7 Å². The maximum atomic E-state index is 2.44. The first-order chi connectivity index (χ1) is 16.2. The molecule has 4 aromatic rings. The average molecular weight is 542 g/mol. The molecular formula is C32H40FeP2-6. The van der Waals surface area contributed by atoms with Crippen molar-refractivity contribution in [1.82, 2.24) is 0 Å². The molecule has 0 aliphatic heterocycles. The Morgan fingerprint density at radius 1 is 0.629 bits per heavy atom. The summed E-state index contributed by atoms with van der Waals surface area (Å²) in [5, 5.41) is 3.62. The predicted octanol–water partition coefficient (Wildman–Crippen LogP) is 9.06. The Labute approximate surface area is 227 Å². The Hall–Kier alpha value is -1.48. The molecule has 0 nitrogen and oxygen atoms in total. The van der Waals surface area contributed by atoms with Crippen molar-refractivity contribution in [3.8, 4) is 0 Å². The topological polar surface area (TPSA) is 0 Å². The second-order valence-corrected chi connectivity index (χ2v) is 17.0. The van der Waals surface area contributed by atoms with E-state index in [1.165, 1.54) is 22.3 Å². The van der Waals surface area contributed by atoms with E-state index < -0.39 is 7.92 Å². The van der Waals surface area contributed by atoms with Gasteiger partial charge < -0.3 is 30.3 Å². The number of hydrogen-bond acceptors (Lipinski definition) is 0. The van der Waals surface area contributed by atoms with Crippen LogP contribution in [-0.4, -0.2) is 16.5 Å². The van der Waals surface area contributed by atoms with Crippen LogP contribution in [0.5, 0.6) is 0 Å². The summed E-state index contributed by atoms with van der Waals surface area (Å²) < 4.78 is 0. The minimum Gasteiger partial charge on any atom is -0.748 e. The molecule has 0 heterocycles. The van der Waals surface area contributed by atoms with Crippen molar-refractivity contribution >= 4 is 26.5 Å². The van der Waals surface area contributed by atoms with Gasteiger partial charge in [-0.25, -0.2) is 12.1 Å². The minimum atomic E-state index is -0.475. The summed E-state index contributed by atoms with van der Waals surface area (Å²) >= 11 is 0. The van der Waals surface area contributed by atoms with E-state index in [0.29, 0.717) is 16.0 Å². The molecule has 0 radical (unpaired) electrons. The summed E-state index contributed by atoms with van der Waals surface area (Å²) in [6, 6.07) is 41.6. The number of rotatable bonds is 6. The predicted molar refractivity (Wildman–Crippen MR) is 157 cm³/mol. The molecule has 0 saturated heterocycles. The molecule has 0 aromatic heterocycles. The Morgan fingerprint density at radius 2 is 1.00 bits per heavy atom. The SMILES string of the molecule is CC(C)(C)P(CC([c-]1cccc1)P(c1ccccc1)c1ccccc1)C(C)(C)C.[Fe].[cH-]1[cH-][cH-][cH-][cH-]1. The van der Waals surface area contributed by atoms with Crippen molar-refractivity contribution in [3.63, 3.8) is 0 Å². The molecule has 0 bridgehead atoms. The van der Waals surface area contributed by atoms with Crippen molar-refractivity contribution in [1.29, 1.82) is 0 Å². The summed E-state index contributed by atoms with van der Waals surface area (Å²) in [6.07, 6.45) is 1.27. The molecule has 1 unspecified atom stereocenters. The van der Waals surface area contributed by atoms with Gasteiger partial charge in [-0.1, -0.05) is 110 Å². The third kappa shape index (κ3) is 8.84. The van der Waals surface area contributed by atoms with Crippen LogP contribution in [0, 0.1) is 0 Å². The summed E-state index contributed by atoms with van der Waals surface area (Å²) in [4.78, 5) is 0. The van der Waals surface area contributed by atoms with Crippen LogP contribution in [0.2, 0.25) is 0 Å². The summed E-state index contributed by atoms with van der Waals surface area (Å²) in [5.41, 5.74) is 2.04. The van der Waals surface area contributed by atoms with E-state index >= 15 is 0 Å². The van der Waals surface area contributed by atoms with Crippen LogP contribution >= 0.6 is 15.8 Å². The van der Waals surface area contributed by atoms with Gasteiger partial charge in [0.2, 0.25) is 0 Å². The minimum absolute atomic E-state index is 0. The zero-order valence-corrected chi connectivity index (χ0v) is 24.9. The fraction of sp³-hybridized carbons (Fsp3) is 0.312. The first kappa shape index (κ1) is 29.7. The van der Waals surface area contributed by atoms with E-state index in [4.69, 9.17) is 0 Å². The standard InChI is InChI=1S/C27H35P2.C5H5.Fe/c1-26(2,3)28(27(4,5)6)21-25(22-15-13-14-16-22)29(23-17-9-7-10-18-23)24-19-11-8-12-20-24;1-2-4-5-3-1;/h7-20,25H,21H2,1-6H3;1-5H;/q-1;-5;. The molecule has 0 N–H and O–H groups in total. The molecule has 0 fully saturated rings. The zero-order chi connectivity index (χ0) is 24.6. The van der Waals surface area contributed by atoms with Crippen LogP contribution in [0.4, 0.5) is 0 Å². The van der Waals surface area contributed by atoms with Crippen LogP contribution in [0.15, 0.2) is 115 Å². The van der Waals surface area contributed by atoms with E-state index in [2.05, 4.69) is 126 Å². The van der Waals surface area contributed by atoms with Gasteiger partial charge in [-0.3, -0.25) is 0 Å². The molecule has 0 amide bonds. The molecule has 0 aliphatic carbocycles. The smallest absolute Gasteiger partial charge is 0 e. The van der Waals surface area contributed by atoms with Gasteiger partial charge in [-0.2, -0.15) is 12.1 Å². The van der Waals surface area contributed by atoms with E-state index in [0.717, 1.165) is 0 Å².